The summed E-state index contributed by atoms with van der Waals surface area (Å²) >= 11 is 0. The van der Waals surface area contributed by atoms with Gasteiger partial charge in [0.05, 0.1) is 11.7 Å². The van der Waals surface area contributed by atoms with E-state index in [0.29, 0.717) is 6.10 Å². The van der Waals surface area contributed by atoms with Gasteiger partial charge in [-0.3, -0.25) is 0 Å². The minimum Gasteiger partial charge on any atom is -0.371 e. The summed E-state index contributed by atoms with van der Waals surface area (Å²) in [5.41, 5.74) is 0.0245. The van der Waals surface area contributed by atoms with Crippen molar-refractivity contribution in [2.24, 2.45) is 0 Å². The van der Waals surface area contributed by atoms with Gasteiger partial charge in [-0.15, -0.1) is 0 Å². The Morgan fingerprint density at radius 3 is 2.31 bits per heavy atom. The van der Waals surface area contributed by atoms with E-state index in [1.54, 1.807) is 0 Å². The molecule has 80 valence electrons. The van der Waals surface area contributed by atoms with Crippen LogP contribution in [0.25, 0.3) is 0 Å². The van der Waals surface area contributed by atoms with Crippen LogP contribution >= 0.6 is 0 Å². The van der Waals surface area contributed by atoms with Crippen molar-refractivity contribution in [3.05, 3.63) is 0 Å². The fraction of sp³-hybridized carbons (Fsp3) is 1.00. The molecule has 0 aromatic rings. The minimum absolute atomic E-state index is 0.0245. The van der Waals surface area contributed by atoms with Crippen molar-refractivity contribution in [2.45, 2.75) is 58.7 Å². The van der Waals surface area contributed by atoms with Crippen LogP contribution in [0, 0.1) is 0 Å². The van der Waals surface area contributed by atoms with Gasteiger partial charge in [-0.05, 0) is 33.7 Å². The van der Waals surface area contributed by atoms with E-state index in [1.165, 1.54) is 6.42 Å². The molecule has 1 unspecified atom stereocenters. The molecule has 2 heteroatoms. The third-order valence-electron chi connectivity index (χ3n) is 2.38. The zero-order valence-electron chi connectivity index (χ0n) is 9.81. The van der Waals surface area contributed by atoms with Gasteiger partial charge in [0.25, 0.3) is 0 Å². The molecule has 0 spiro atoms. The van der Waals surface area contributed by atoms with Crippen molar-refractivity contribution in [2.75, 3.05) is 13.6 Å². The first-order valence-corrected chi connectivity index (χ1v) is 5.38. The summed E-state index contributed by atoms with van der Waals surface area (Å²) in [6, 6.07) is 0. The smallest absolute Gasteiger partial charge is 0.0706 e. The number of nitrogens with one attached hydrogen (secondary N) is 1. The van der Waals surface area contributed by atoms with E-state index in [0.717, 1.165) is 19.4 Å². The topological polar surface area (TPSA) is 21.3 Å². The number of hydrogen-bond donors (Lipinski definition) is 1. The summed E-state index contributed by atoms with van der Waals surface area (Å²) in [4.78, 5) is 0. The second-order valence-electron chi connectivity index (χ2n) is 4.20. The Balaban J connectivity index is 3.92. The second-order valence-corrected chi connectivity index (χ2v) is 4.20. The molecule has 1 N–H and O–H groups in total. The summed E-state index contributed by atoms with van der Waals surface area (Å²) in [5, 5.41) is 3.17. The molecule has 0 radical (unpaired) electrons. The molecule has 1 atom stereocenters. The van der Waals surface area contributed by atoms with Crippen LogP contribution < -0.4 is 5.32 Å². The zero-order chi connectivity index (χ0) is 10.3. The summed E-state index contributed by atoms with van der Waals surface area (Å²) in [6.07, 6.45) is 3.76. The van der Waals surface area contributed by atoms with Gasteiger partial charge in [-0.1, -0.05) is 20.3 Å². The Labute approximate surface area is 83.1 Å². The Hall–Kier alpha value is -0.0800. The molecule has 0 saturated heterocycles. The zero-order valence-corrected chi connectivity index (χ0v) is 9.81. The molecule has 0 amide bonds. The third-order valence-corrected chi connectivity index (χ3v) is 2.38. The average molecular weight is 187 g/mol. The molecular weight excluding hydrogens is 162 g/mol. The Bertz CT molecular complexity index is 117. The first-order chi connectivity index (χ1) is 6.05. The number of likely N-dealkylation sites (N-methyl/N-ethyl adjacent to an activating group) is 1. The largest absolute Gasteiger partial charge is 0.371 e. The monoisotopic (exact) mass is 187 g/mol. The van der Waals surface area contributed by atoms with E-state index in [1.807, 2.05) is 7.05 Å². The number of ether oxygens (including phenoxy) is 1. The van der Waals surface area contributed by atoms with Gasteiger partial charge in [0.1, 0.15) is 0 Å². The van der Waals surface area contributed by atoms with Crippen LogP contribution in [0.1, 0.15) is 47.0 Å². The van der Waals surface area contributed by atoms with Crippen molar-refractivity contribution >= 4 is 0 Å². The first-order valence-electron chi connectivity index (χ1n) is 5.38. The van der Waals surface area contributed by atoms with Crippen molar-refractivity contribution in [1.82, 2.24) is 5.32 Å². The highest BCUT2D eigenvalue weighted by Crippen LogP contribution is 2.18. The molecule has 0 rings (SSSR count). The molecule has 0 heterocycles. The van der Waals surface area contributed by atoms with Crippen LogP contribution in [0.3, 0.4) is 0 Å². The molecule has 0 aromatic heterocycles. The quantitative estimate of drug-likeness (QED) is 0.661. The van der Waals surface area contributed by atoms with Crippen LogP contribution in [0.2, 0.25) is 0 Å². The minimum atomic E-state index is 0.0245. The van der Waals surface area contributed by atoms with Gasteiger partial charge in [0, 0.05) is 6.54 Å². The maximum absolute atomic E-state index is 6.01. The van der Waals surface area contributed by atoms with Gasteiger partial charge < -0.3 is 10.1 Å². The average Bonchev–Trinajstić information content (AvgIpc) is 2.05. The highest BCUT2D eigenvalue weighted by Gasteiger charge is 2.20. The van der Waals surface area contributed by atoms with Crippen LogP contribution in [-0.2, 0) is 4.74 Å². The highest BCUT2D eigenvalue weighted by atomic mass is 16.5. The lowest BCUT2D eigenvalue weighted by atomic mass is 10.1. The molecule has 0 aliphatic heterocycles. The fourth-order valence-electron chi connectivity index (χ4n) is 1.29. The van der Waals surface area contributed by atoms with Crippen LogP contribution in [-0.4, -0.2) is 25.3 Å². The van der Waals surface area contributed by atoms with Gasteiger partial charge >= 0.3 is 0 Å². The van der Waals surface area contributed by atoms with Crippen molar-refractivity contribution in [3.8, 4) is 0 Å². The van der Waals surface area contributed by atoms with Crippen molar-refractivity contribution in [3.63, 3.8) is 0 Å². The van der Waals surface area contributed by atoms with E-state index < -0.39 is 0 Å². The van der Waals surface area contributed by atoms with E-state index in [-0.39, 0.29) is 5.60 Å². The lowest BCUT2D eigenvalue weighted by molar-refractivity contribution is -0.0746. The molecule has 0 aromatic carbocycles. The Kier molecular flexibility index (Phi) is 6.35. The highest BCUT2D eigenvalue weighted by molar-refractivity contribution is 4.70. The molecular formula is C11H25NO. The predicted octanol–water partition coefficient (Wildman–Crippen LogP) is 2.58. The maximum atomic E-state index is 6.01. The normalized spacial score (nSPS) is 14.5. The van der Waals surface area contributed by atoms with Crippen LogP contribution in [0.5, 0.6) is 0 Å². The van der Waals surface area contributed by atoms with E-state index >= 15 is 0 Å². The Morgan fingerprint density at radius 1 is 1.31 bits per heavy atom. The molecule has 0 bridgehead atoms. The summed E-state index contributed by atoms with van der Waals surface area (Å²) in [7, 11) is 1.98. The summed E-state index contributed by atoms with van der Waals surface area (Å²) in [5.74, 6) is 0. The van der Waals surface area contributed by atoms with E-state index in [2.05, 4.69) is 33.0 Å². The van der Waals surface area contributed by atoms with Gasteiger partial charge in [0.15, 0.2) is 0 Å². The molecule has 0 fully saturated rings. The lowest BCUT2D eigenvalue weighted by Crippen LogP contribution is -2.35. The number of hydrogen-bond acceptors (Lipinski definition) is 2. The summed E-state index contributed by atoms with van der Waals surface area (Å²) in [6.45, 7) is 9.64. The van der Waals surface area contributed by atoms with Crippen molar-refractivity contribution < 1.29 is 4.74 Å². The second kappa shape index (κ2) is 6.39. The van der Waals surface area contributed by atoms with Crippen molar-refractivity contribution in [1.29, 1.82) is 0 Å². The SMILES string of the molecule is CCCC(CNC)OC(C)(C)CC. The molecule has 2 nitrogen and oxygen atoms in total. The van der Waals surface area contributed by atoms with E-state index in [4.69, 9.17) is 4.74 Å². The molecule has 0 aliphatic rings. The Morgan fingerprint density at radius 2 is 1.92 bits per heavy atom. The predicted molar refractivity (Wildman–Crippen MR) is 58.1 cm³/mol. The maximum Gasteiger partial charge on any atom is 0.0706 e. The van der Waals surface area contributed by atoms with E-state index in [9.17, 15) is 0 Å². The van der Waals surface area contributed by atoms with Gasteiger partial charge in [0.2, 0.25) is 0 Å². The van der Waals surface area contributed by atoms with Crippen LogP contribution in [0.15, 0.2) is 0 Å². The number of rotatable bonds is 7. The first kappa shape index (κ1) is 12.9. The fourth-order valence-corrected chi connectivity index (χ4v) is 1.29. The van der Waals surface area contributed by atoms with Crippen LogP contribution in [0.4, 0.5) is 0 Å². The van der Waals surface area contributed by atoms with Gasteiger partial charge in [-0.2, -0.15) is 0 Å². The lowest BCUT2D eigenvalue weighted by Gasteiger charge is -2.29. The summed E-state index contributed by atoms with van der Waals surface area (Å²) < 4.78 is 6.01. The molecule has 0 saturated carbocycles. The molecule has 13 heavy (non-hydrogen) atoms. The standard InChI is InChI=1S/C11H25NO/c1-6-8-10(9-12-5)13-11(3,4)7-2/h10,12H,6-9H2,1-5H3. The third kappa shape index (κ3) is 6.05. The molecule has 0 aliphatic carbocycles. The van der Waals surface area contributed by atoms with Gasteiger partial charge in [-0.25, -0.2) is 0 Å².